The van der Waals surface area contributed by atoms with Gasteiger partial charge < -0.3 is 10.5 Å². The Morgan fingerprint density at radius 2 is 2.00 bits per heavy atom. The first-order chi connectivity index (χ1) is 13.9. The van der Waals surface area contributed by atoms with Gasteiger partial charge in [-0.3, -0.25) is 9.36 Å². The molecule has 0 saturated heterocycles. The van der Waals surface area contributed by atoms with Crippen LogP contribution in [0.5, 0.6) is 0 Å². The molecule has 0 fully saturated rings. The van der Waals surface area contributed by atoms with Crippen molar-refractivity contribution in [1.82, 2.24) is 19.5 Å². The van der Waals surface area contributed by atoms with Gasteiger partial charge in [-0.25, -0.2) is 19.3 Å². The molecule has 0 aliphatic rings. The number of hydrogen-bond acceptors (Lipinski definition) is 6. The predicted octanol–water partition coefficient (Wildman–Crippen LogP) is 3.64. The molecule has 7 nitrogen and oxygen atoms in total. The molecule has 1 aromatic carbocycles. The number of nitrogen functional groups attached to an aromatic ring is 1. The monoisotopic (exact) mass is 427 g/mol. The second-order valence-corrected chi connectivity index (χ2v) is 6.62. The fourth-order valence-electron chi connectivity index (χ4n) is 2.75. The van der Waals surface area contributed by atoms with Gasteiger partial charge in [0.05, 0.1) is 35.6 Å². The molecule has 29 heavy (non-hydrogen) atoms. The molecule has 0 amide bonds. The largest absolute Gasteiger partial charge is 0.382 e. The minimum atomic E-state index is -2.78. The number of alkyl halides is 2. The summed E-state index contributed by atoms with van der Waals surface area (Å²) in [4.78, 5) is 24.7. The van der Waals surface area contributed by atoms with Crippen LogP contribution < -0.4 is 11.3 Å². The highest BCUT2D eigenvalue weighted by Gasteiger charge is 2.14. The van der Waals surface area contributed by atoms with E-state index in [4.69, 9.17) is 17.3 Å². The van der Waals surface area contributed by atoms with Gasteiger partial charge in [-0.05, 0) is 31.4 Å². The highest BCUT2D eigenvalue weighted by atomic mass is 35.5. The molecule has 2 heterocycles. The maximum absolute atomic E-state index is 14.6. The van der Waals surface area contributed by atoms with Gasteiger partial charge in [0.2, 0.25) is 0 Å². The van der Waals surface area contributed by atoms with Crippen LogP contribution >= 0.6 is 11.6 Å². The number of aromatic nitrogens is 4. The number of aryl methyl sites for hydroxylation is 1. The van der Waals surface area contributed by atoms with Crippen LogP contribution in [0.1, 0.15) is 19.3 Å². The quantitative estimate of drug-likeness (QED) is 0.551. The van der Waals surface area contributed by atoms with Crippen LogP contribution in [0.25, 0.3) is 22.3 Å². The third-order valence-electron chi connectivity index (χ3n) is 4.21. The molecular formula is C18H17ClF3N5O2. The summed E-state index contributed by atoms with van der Waals surface area (Å²) in [6.45, 7) is -2.50. The minimum absolute atomic E-state index is 0.0125. The van der Waals surface area contributed by atoms with E-state index in [0.717, 1.165) is 6.07 Å². The van der Waals surface area contributed by atoms with Crippen molar-refractivity contribution in [1.29, 1.82) is 0 Å². The second-order valence-electron chi connectivity index (χ2n) is 6.21. The Morgan fingerprint density at radius 3 is 2.72 bits per heavy atom. The van der Waals surface area contributed by atoms with E-state index in [2.05, 4.69) is 19.7 Å². The first-order valence-corrected chi connectivity index (χ1v) is 9.11. The molecule has 0 aliphatic heterocycles. The zero-order chi connectivity index (χ0) is 21.0. The van der Waals surface area contributed by atoms with Gasteiger partial charge in [0.25, 0.3) is 5.56 Å². The van der Waals surface area contributed by atoms with E-state index in [-0.39, 0.29) is 39.7 Å². The lowest BCUT2D eigenvalue weighted by Crippen LogP contribution is -2.21. The van der Waals surface area contributed by atoms with Crippen LogP contribution in [-0.2, 0) is 11.3 Å². The summed E-state index contributed by atoms with van der Waals surface area (Å²) in [5.74, 6) is -0.651. The van der Waals surface area contributed by atoms with Gasteiger partial charge >= 0.3 is 6.61 Å². The number of nitrogens with zero attached hydrogens (tertiary/aromatic N) is 4. The van der Waals surface area contributed by atoms with E-state index in [0.29, 0.717) is 25.8 Å². The highest BCUT2D eigenvalue weighted by Crippen LogP contribution is 2.25. The van der Waals surface area contributed by atoms with Gasteiger partial charge in [-0.15, -0.1) is 0 Å². The van der Waals surface area contributed by atoms with E-state index in [1.165, 1.54) is 23.2 Å². The summed E-state index contributed by atoms with van der Waals surface area (Å²) >= 11 is 5.78. The fraction of sp³-hybridized carbons (Fsp3) is 0.333. The Bertz CT molecular complexity index is 1080. The van der Waals surface area contributed by atoms with Crippen LogP contribution in [0.3, 0.4) is 0 Å². The van der Waals surface area contributed by atoms with Crippen molar-refractivity contribution in [2.45, 2.75) is 32.4 Å². The van der Waals surface area contributed by atoms with Crippen LogP contribution in [0.4, 0.5) is 19.0 Å². The van der Waals surface area contributed by atoms with Crippen LogP contribution in [-0.4, -0.2) is 32.7 Å². The summed E-state index contributed by atoms with van der Waals surface area (Å²) in [5, 5.41) is 0.258. The predicted molar refractivity (Wildman–Crippen MR) is 102 cm³/mol. The third-order valence-corrected chi connectivity index (χ3v) is 4.50. The first kappa shape index (κ1) is 21.0. The summed E-state index contributed by atoms with van der Waals surface area (Å²) in [6, 6.07) is 2.46. The summed E-state index contributed by atoms with van der Waals surface area (Å²) in [5.41, 5.74) is 5.56. The molecule has 0 saturated carbocycles. The van der Waals surface area contributed by atoms with Crippen molar-refractivity contribution in [3.63, 3.8) is 0 Å². The maximum Gasteiger partial charge on any atom is 0.345 e. The topological polar surface area (TPSA) is 95.9 Å². The van der Waals surface area contributed by atoms with Gasteiger partial charge in [-0.2, -0.15) is 8.78 Å². The Morgan fingerprint density at radius 1 is 1.21 bits per heavy atom. The van der Waals surface area contributed by atoms with Gasteiger partial charge in [-0.1, -0.05) is 11.6 Å². The number of nitrogens with two attached hydrogens (primary N) is 1. The Hall–Kier alpha value is -2.72. The van der Waals surface area contributed by atoms with E-state index in [1.807, 2.05) is 0 Å². The summed E-state index contributed by atoms with van der Waals surface area (Å²) in [6.07, 6.45) is 4.24. The number of anilines is 1. The summed E-state index contributed by atoms with van der Waals surface area (Å²) < 4.78 is 43.9. The lowest BCUT2D eigenvalue weighted by molar-refractivity contribution is -0.129. The average molecular weight is 428 g/mol. The van der Waals surface area contributed by atoms with E-state index in [1.54, 1.807) is 0 Å². The molecule has 0 aliphatic carbocycles. The molecule has 2 N–H and O–H groups in total. The average Bonchev–Trinajstić information content (AvgIpc) is 2.68. The molecule has 2 aromatic heterocycles. The van der Waals surface area contributed by atoms with Crippen LogP contribution in [0.2, 0.25) is 5.02 Å². The number of benzene rings is 1. The molecular weight excluding hydrogens is 411 g/mol. The molecule has 0 radical (unpaired) electrons. The number of unbranched alkanes of at least 4 members (excludes halogenated alkanes) is 2. The first-order valence-electron chi connectivity index (χ1n) is 8.73. The Balaban J connectivity index is 1.78. The Labute approximate surface area is 168 Å². The summed E-state index contributed by atoms with van der Waals surface area (Å²) in [7, 11) is 0. The van der Waals surface area contributed by atoms with Gasteiger partial charge in [0.1, 0.15) is 16.7 Å². The molecule has 11 heteroatoms. The SMILES string of the molecule is Nc1nc(-c2cc3ncn(CCCCCOC(F)F)c(=O)c3cc2F)ncc1Cl. The fourth-order valence-corrected chi connectivity index (χ4v) is 2.84. The second kappa shape index (κ2) is 9.19. The lowest BCUT2D eigenvalue weighted by atomic mass is 10.1. The minimum Gasteiger partial charge on any atom is -0.382 e. The lowest BCUT2D eigenvalue weighted by Gasteiger charge is -2.09. The molecule has 0 atom stereocenters. The maximum atomic E-state index is 14.6. The molecule has 0 bridgehead atoms. The normalized spacial score (nSPS) is 11.5. The number of rotatable bonds is 8. The zero-order valence-electron chi connectivity index (χ0n) is 15.1. The molecule has 0 spiro atoms. The molecule has 0 unspecified atom stereocenters. The van der Waals surface area contributed by atoms with Crippen molar-refractivity contribution in [3.05, 3.63) is 45.9 Å². The van der Waals surface area contributed by atoms with Crippen molar-refractivity contribution in [2.24, 2.45) is 0 Å². The zero-order valence-corrected chi connectivity index (χ0v) is 15.9. The Kier molecular flexibility index (Phi) is 6.65. The molecule has 154 valence electrons. The molecule has 3 aromatic rings. The van der Waals surface area contributed by atoms with E-state index >= 15 is 0 Å². The van der Waals surface area contributed by atoms with Crippen LogP contribution in [0, 0.1) is 5.82 Å². The van der Waals surface area contributed by atoms with Gasteiger partial charge in [0.15, 0.2) is 5.82 Å². The highest BCUT2D eigenvalue weighted by molar-refractivity contribution is 6.32. The third kappa shape index (κ3) is 5.01. The van der Waals surface area contributed by atoms with Crippen molar-refractivity contribution < 1.29 is 17.9 Å². The molecule has 3 rings (SSSR count). The van der Waals surface area contributed by atoms with Gasteiger partial charge in [0, 0.05) is 6.54 Å². The standard InChI is InChI=1S/C18H17ClF3N5O2/c19-12-8-24-16(26-15(12)23)10-7-14-11(6-13(10)20)17(28)27(9-25-14)4-2-1-3-5-29-18(21)22/h6-9,18H,1-5H2,(H2,23,24,26). The number of halogens is 4. The number of fused-ring (bicyclic) bond motifs is 1. The van der Waals surface area contributed by atoms with E-state index in [9.17, 15) is 18.0 Å². The number of ether oxygens (including phenoxy) is 1. The van der Waals surface area contributed by atoms with Crippen molar-refractivity contribution in [2.75, 3.05) is 12.3 Å². The number of hydrogen-bond donors (Lipinski definition) is 1. The van der Waals surface area contributed by atoms with Crippen molar-refractivity contribution >= 4 is 28.3 Å². The van der Waals surface area contributed by atoms with Crippen LogP contribution in [0.15, 0.2) is 29.5 Å². The smallest absolute Gasteiger partial charge is 0.345 e. The van der Waals surface area contributed by atoms with E-state index < -0.39 is 18.0 Å². The van der Waals surface area contributed by atoms with Crippen molar-refractivity contribution in [3.8, 4) is 11.4 Å².